The van der Waals surface area contributed by atoms with E-state index in [1.807, 2.05) is 54.6 Å². The Hall–Kier alpha value is -6.25. The Balaban J connectivity index is 1.04. The standard InChI is InChI=1S/C38H40N6O9/c45-30-22-43-32(33(47)40-29(34(43)48)21-31(46)51-23-26-11-4-1-5-12-26)38(17-18-38)44(30)20-10-19-39-35(41-36(49)52-24-27-13-6-2-7-14-27)42-37(50)53-25-28-15-8-3-9-16-28/h1-9,11-16,29,32H,10,17-25H2,(H,40,47)(H2,39,41,42,49,50)/t29-,32?/m0/s1. The van der Waals surface area contributed by atoms with Gasteiger partial charge in [-0.3, -0.25) is 34.8 Å². The molecule has 1 aliphatic carbocycles. The summed E-state index contributed by atoms with van der Waals surface area (Å²) in [5.41, 5.74) is 1.44. The molecule has 1 unspecified atom stereocenters. The van der Waals surface area contributed by atoms with E-state index in [-0.39, 0.29) is 57.7 Å². The van der Waals surface area contributed by atoms with Gasteiger partial charge in [-0.2, -0.15) is 0 Å². The van der Waals surface area contributed by atoms with Crippen LogP contribution in [-0.4, -0.2) is 88.9 Å². The van der Waals surface area contributed by atoms with Crippen molar-refractivity contribution in [2.75, 3.05) is 19.6 Å². The van der Waals surface area contributed by atoms with Crippen molar-refractivity contribution in [1.29, 1.82) is 0 Å². The number of carbonyl (C=O) groups is 6. The van der Waals surface area contributed by atoms with E-state index in [1.54, 1.807) is 41.3 Å². The quantitative estimate of drug-likeness (QED) is 0.0831. The number of esters is 1. The van der Waals surface area contributed by atoms with Crippen molar-refractivity contribution >= 4 is 41.8 Å². The van der Waals surface area contributed by atoms with E-state index in [0.29, 0.717) is 19.3 Å². The molecule has 53 heavy (non-hydrogen) atoms. The predicted octanol–water partition coefficient (Wildman–Crippen LogP) is 2.79. The van der Waals surface area contributed by atoms with Gasteiger partial charge < -0.3 is 29.3 Å². The number of guanidine groups is 1. The largest absolute Gasteiger partial charge is 0.461 e. The van der Waals surface area contributed by atoms with Gasteiger partial charge in [0.05, 0.1) is 12.0 Å². The molecule has 276 valence electrons. The molecule has 3 aromatic carbocycles. The Morgan fingerprint density at radius 1 is 0.755 bits per heavy atom. The number of piperazine rings is 2. The van der Waals surface area contributed by atoms with E-state index < -0.39 is 47.6 Å². The molecule has 2 heterocycles. The average Bonchev–Trinajstić information content (AvgIpc) is 3.95. The van der Waals surface area contributed by atoms with Crippen LogP contribution in [0.4, 0.5) is 9.59 Å². The lowest BCUT2D eigenvalue weighted by atomic mass is 9.92. The molecule has 15 nitrogen and oxygen atoms in total. The van der Waals surface area contributed by atoms with Crippen LogP contribution in [0.3, 0.4) is 0 Å². The number of rotatable bonds is 12. The van der Waals surface area contributed by atoms with Crippen LogP contribution in [0.15, 0.2) is 96.0 Å². The van der Waals surface area contributed by atoms with E-state index in [4.69, 9.17) is 14.2 Å². The fourth-order valence-electron chi connectivity index (χ4n) is 6.47. The number of carbonyl (C=O) groups excluding carboxylic acids is 6. The van der Waals surface area contributed by atoms with Crippen LogP contribution < -0.4 is 16.0 Å². The van der Waals surface area contributed by atoms with E-state index in [2.05, 4.69) is 20.9 Å². The molecule has 2 atom stereocenters. The fraction of sp³-hybridized carbons (Fsp3) is 0.342. The Labute approximate surface area is 305 Å². The lowest BCUT2D eigenvalue weighted by molar-refractivity contribution is -0.167. The van der Waals surface area contributed by atoms with Crippen molar-refractivity contribution in [3.63, 3.8) is 0 Å². The molecule has 5 amide bonds. The maximum absolute atomic E-state index is 13.5. The summed E-state index contributed by atoms with van der Waals surface area (Å²) in [5.74, 6) is -2.12. The van der Waals surface area contributed by atoms with Crippen LogP contribution in [0, 0.1) is 0 Å². The molecule has 0 radical (unpaired) electrons. The highest BCUT2D eigenvalue weighted by Crippen LogP contribution is 2.50. The number of benzene rings is 3. The zero-order valence-corrected chi connectivity index (χ0v) is 28.9. The summed E-state index contributed by atoms with van der Waals surface area (Å²) in [4.78, 5) is 85.4. The first-order chi connectivity index (χ1) is 25.7. The highest BCUT2D eigenvalue weighted by Gasteiger charge is 2.65. The van der Waals surface area contributed by atoms with Crippen molar-refractivity contribution in [2.45, 2.75) is 63.1 Å². The normalized spacial score (nSPS) is 18.3. The second-order valence-electron chi connectivity index (χ2n) is 12.9. The zero-order chi connectivity index (χ0) is 37.2. The summed E-state index contributed by atoms with van der Waals surface area (Å²) in [6.07, 6.45) is -0.722. The zero-order valence-electron chi connectivity index (χ0n) is 28.9. The maximum atomic E-state index is 13.5. The van der Waals surface area contributed by atoms with Gasteiger partial charge in [0.25, 0.3) is 0 Å². The van der Waals surface area contributed by atoms with Crippen molar-refractivity contribution in [2.24, 2.45) is 4.99 Å². The Morgan fingerprint density at radius 2 is 1.26 bits per heavy atom. The Kier molecular flexibility index (Phi) is 11.6. The molecule has 3 aromatic rings. The minimum absolute atomic E-state index is 0.00901. The highest BCUT2D eigenvalue weighted by molar-refractivity contribution is 6.03. The molecule has 0 bridgehead atoms. The Morgan fingerprint density at radius 3 is 1.77 bits per heavy atom. The first-order valence-electron chi connectivity index (χ1n) is 17.3. The van der Waals surface area contributed by atoms with Gasteiger partial charge in [0.2, 0.25) is 23.7 Å². The summed E-state index contributed by atoms with van der Waals surface area (Å²) < 4.78 is 15.9. The SMILES string of the molecule is O=C(C[C@@H]1NC(=O)C2N(CC(=O)N(CCCN=C(NC(=O)OCc3ccccc3)NC(=O)OCc3ccccc3)C23CC3)C1=O)OCc1ccccc1. The van der Waals surface area contributed by atoms with Gasteiger partial charge in [-0.25, -0.2) is 9.59 Å². The third-order valence-corrected chi connectivity index (χ3v) is 9.16. The summed E-state index contributed by atoms with van der Waals surface area (Å²) >= 11 is 0. The monoisotopic (exact) mass is 724 g/mol. The van der Waals surface area contributed by atoms with Crippen LogP contribution in [-0.2, 0) is 53.2 Å². The van der Waals surface area contributed by atoms with Crippen LogP contribution in [0.2, 0.25) is 0 Å². The van der Waals surface area contributed by atoms with Crippen molar-refractivity contribution < 1.29 is 43.0 Å². The summed E-state index contributed by atoms with van der Waals surface area (Å²) in [5, 5.41) is 7.57. The topological polar surface area (TPSA) is 185 Å². The third kappa shape index (κ3) is 9.36. The number of nitrogens with zero attached hydrogens (tertiary/aromatic N) is 3. The van der Waals surface area contributed by atoms with Crippen LogP contribution in [0.25, 0.3) is 0 Å². The number of amides is 5. The fourth-order valence-corrected chi connectivity index (χ4v) is 6.47. The van der Waals surface area contributed by atoms with Crippen LogP contribution >= 0.6 is 0 Å². The predicted molar refractivity (Wildman–Crippen MR) is 188 cm³/mol. The van der Waals surface area contributed by atoms with E-state index in [1.165, 1.54) is 4.90 Å². The first-order valence-corrected chi connectivity index (χ1v) is 17.3. The summed E-state index contributed by atoms with van der Waals surface area (Å²) in [6.45, 7) is -0.0264. The van der Waals surface area contributed by atoms with Crippen LogP contribution in [0.1, 0.15) is 42.4 Å². The molecule has 0 aromatic heterocycles. The number of hydrogen-bond acceptors (Lipinski definition) is 10. The number of ether oxygens (including phenoxy) is 3. The molecule has 3 N–H and O–H groups in total. The number of alkyl carbamates (subject to hydrolysis) is 2. The number of hydrogen-bond donors (Lipinski definition) is 3. The summed E-state index contributed by atoms with van der Waals surface area (Å²) in [6, 6.07) is 25.2. The number of nitrogens with one attached hydrogen (secondary N) is 3. The minimum atomic E-state index is -1.14. The highest BCUT2D eigenvalue weighted by atomic mass is 16.6. The van der Waals surface area contributed by atoms with Crippen molar-refractivity contribution in [3.05, 3.63) is 108 Å². The Bertz CT molecular complexity index is 1780. The molecule has 2 aliphatic heterocycles. The van der Waals surface area contributed by atoms with E-state index in [9.17, 15) is 28.8 Å². The smallest absolute Gasteiger partial charge is 0.414 e. The molecule has 6 rings (SSSR count). The van der Waals surface area contributed by atoms with Gasteiger partial charge >= 0.3 is 18.2 Å². The molecular formula is C38H40N6O9. The van der Waals surface area contributed by atoms with Crippen molar-refractivity contribution in [1.82, 2.24) is 25.8 Å². The van der Waals surface area contributed by atoms with E-state index >= 15 is 0 Å². The van der Waals surface area contributed by atoms with Gasteiger partial charge in [-0.1, -0.05) is 91.0 Å². The second kappa shape index (κ2) is 16.8. The minimum Gasteiger partial charge on any atom is -0.461 e. The summed E-state index contributed by atoms with van der Waals surface area (Å²) in [7, 11) is 0. The average molecular weight is 725 g/mol. The number of aliphatic imine (C=N–C) groups is 1. The van der Waals surface area contributed by atoms with E-state index in [0.717, 1.165) is 16.7 Å². The second-order valence-corrected chi connectivity index (χ2v) is 12.9. The molecular weight excluding hydrogens is 684 g/mol. The molecule has 1 spiro atoms. The molecule has 3 aliphatic rings. The lowest BCUT2D eigenvalue weighted by Crippen LogP contribution is -2.75. The molecule has 15 heteroatoms. The van der Waals surface area contributed by atoms with Crippen LogP contribution in [0.5, 0.6) is 0 Å². The van der Waals surface area contributed by atoms with Gasteiger partial charge in [-0.15, -0.1) is 0 Å². The molecule has 3 fully saturated rings. The van der Waals surface area contributed by atoms with Gasteiger partial charge in [0.1, 0.15) is 38.4 Å². The third-order valence-electron chi connectivity index (χ3n) is 9.16. The molecule has 2 saturated heterocycles. The maximum Gasteiger partial charge on any atom is 0.414 e. The van der Waals surface area contributed by atoms with Gasteiger partial charge in [-0.05, 0) is 36.0 Å². The number of fused-ring (bicyclic) bond motifs is 2. The first kappa shape index (κ1) is 36.5. The molecule has 1 saturated carbocycles. The van der Waals surface area contributed by atoms with Crippen molar-refractivity contribution in [3.8, 4) is 0 Å². The van der Waals surface area contributed by atoms with Gasteiger partial charge in [0, 0.05) is 13.1 Å². The lowest BCUT2D eigenvalue weighted by Gasteiger charge is -2.50. The van der Waals surface area contributed by atoms with Gasteiger partial charge in [0.15, 0.2) is 0 Å².